The lowest BCUT2D eigenvalue weighted by Gasteiger charge is -2.11. The number of hydrogen-bond donors (Lipinski definition) is 3. The lowest BCUT2D eigenvalue weighted by molar-refractivity contribution is -0.111. The Morgan fingerprint density at radius 3 is 2.46 bits per heavy atom. The van der Waals surface area contributed by atoms with Crippen LogP contribution in [0.5, 0.6) is 0 Å². The van der Waals surface area contributed by atoms with E-state index in [9.17, 15) is 9.59 Å². The molecular weight excluding hydrogens is 486 g/mol. The van der Waals surface area contributed by atoms with Crippen molar-refractivity contribution in [2.45, 2.75) is 26.7 Å². The lowest BCUT2D eigenvalue weighted by atomic mass is 10.0. The van der Waals surface area contributed by atoms with Gasteiger partial charge < -0.3 is 15.6 Å². The van der Waals surface area contributed by atoms with E-state index in [-0.39, 0.29) is 11.8 Å². The quantitative estimate of drug-likeness (QED) is 0.201. The fourth-order valence-corrected chi connectivity index (χ4v) is 4.61. The molecule has 5 aromatic rings. The monoisotopic (exact) mass is 515 g/mol. The number of H-pyrrole nitrogens is 1. The van der Waals surface area contributed by atoms with E-state index in [2.05, 4.69) is 52.1 Å². The Bertz CT molecular complexity index is 1700. The normalized spacial score (nSPS) is 11.0. The summed E-state index contributed by atoms with van der Waals surface area (Å²) in [7, 11) is 0. The summed E-state index contributed by atoms with van der Waals surface area (Å²) in [5.41, 5.74) is 7.85. The van der Waals surface area contributed by atoms with E-state index in [1.807, 2.05) is 73.8 Å². The number of aryl methyl sites for hydroxylation is 1. The second-order valence-corrected chi connectivity index (χ2v) is 9.65. The minimum atomic E-state index is -0.263. The molecule has 2 amide bonds. The highest BCUT2D eigenvalue weighted by Gasteiger charge is 2.13. The van der Waals surface area contributed by atoms with Gasteiger partial charge in [-0.3, -0.25) is 9.59 Å². The minimum absolute atomic E-state index is 0.211. The zero-order valence-electron chi connectivity index (χ0n) is 22.1. The molecule has 3 heterocycles. The molecule has 7 heteroatoms. The molecular formula is C32H29N5O2. The third-order valence-electron chi connectivity index (χ3n) is 6.63. The molecule has 39 heavy (non-hydrogen) atoms. The summed E-state index contributed by atoms with van der Waals surface area (Å²) < 4.78 is 0. The highest BCUT2D eigenvalue weighted by atomic mass is 16.2. The van der Waals surface area contributed by atoms with Crippen LogP contribution in [0.25, 0.3) is 33.3 Å². The van der Waals surface area contributed by atoms with Gasteiger partial charge in [0.25, 0.3) is 5.91 Å². The zero-order valence-corrected chi connectivity index (χ0v) is 22.1. The number of amides is 2. The molecule has 0 spiro atoms. The minimum Gasteiger partial charge on any atom is -0.346 e. The van der Waals surface area contributed by atoms with Crippen molar-refractivity contribution in [1.82, 2.24) is 15.0 Å². The average molecular weight is 516 g/mol. The summed E-state index contributed by atoms with van der Waals surface area (Å²) in [5.74, 6) is 0.438. The number of benzene rings is 2. The van der Waals surface area contributed by atoms with Crippen LogP contribution in [0.2, 0.25) is 0 Å². The Morgan fingerprint density at radius 1 is 0.949 bits per heavy atom. The Balaban J connectivity index is 1.38. The number of aromatic nitrogens is 3. The highest BCUT2D eigenvalue weighted by Crippen LogP contribution is 2.32. The fraction of sp³-hybridized carbons (Fsp3) is 0.125. The summed E-state index contributed by atoms with van der Waals surface area (Å²) in [6, 6.07) is 21.0. The first-order chi connectivity index (χ1) is 18.8. The number of aromatic amines is 1. The molecule has 0 bridgehead atoms. The number of fused-ring (bicyclic) bond motifs is 1. The van der Waals surface area contributed by atoms with Gasteiger partial charge in [0.1, 0.15) is 11.5 Å². The Hall–Kier alpha value is -5.04. The van der Waals surface area contributed by atoms with Crippen molar-refractivity contribution < 1.29 is 9.59 Å². The number of carbonyl (C=O) groups excluding carboxylic acids is 2. The van der Waals surface area contributed by atoms with Gasteiger partial charge in [0.2, 0.25) is 5.91 Å². The summed E-state index contributed by atoms with van der Waals surface area (Å²) in [6.07, 6.45) is 4.96. The van der Waals surface area contributed by atoms with Gasteiger partial charge in [-0.15, -0.1) is 0 Å². The third-order valence-corrected chi connectivity index (χ3v) is 6.63. The van der Waals surface area contributed by atoms with Crippen LogP contribution in [0.4, 0.5) is 11.5 Å². The molecule has 0 fully saturated rings. The maximum Gasteiger partial charge on any atom is 0.256 e. The molecule has 0 aliphatic rings. The molecule has 2 aromatic carbocycles. The van der Waals surface area contributed by atoms with E-state index in [1.165, 1.54) is 11.6 Å². The summed E-state index contributed by atoms with van der Waals surface area (Å²) in [5, 5.41) is 6.64. The molecule has 0 saturated carbocycles. The second kappa shape index (κ2) is 10.8. The second-order valence-electron chi connectivity index (χ2n) is 9.65. The first kappa shape index (κ1) is 25.6. The average Bonchev–Trinajstić information content (AvgIpc) is 3.36. The van der Waals surface area contributed by atoms with E-state index in [1.54, 1.807) is 6.20 Å². The fourth-order valence-electron chi connectivity index (χ4n) is 4.61. The lowest BCUT2D eigenvalue weighted by Crippen LogP contribution is -2.13. The van der Waals surface area contributed by atoms with Crippen LogP contribution in [-0.4, -0.2) is 26.8 Å². The van der Waals surface area contributed by atoms with Crippen LogP contribution in [0.3, 0.4) is 0 Å². The van der Waals surface area contributed by atoms with Gasteiger partial charge in [-0.05, 0) is 72.0 Å². The Kier molecular flexibility index (Phi) is 7.06. The van der Waals surface area contributed by atoms with Gasteiger partial charge in [0.15, 0.2) is 0 Å². The Morgan fingerprint density at radius 2 is 1.74 bits per heavy atom. The number of nitrogens with zero attached hydrogens (tertiary/aromatic N) is 2. The Labute approximate surface area is 227 Å². The third kappa shape index (κ3) is 5.48. The first-order valence-corrected chi connectivity index (χ1v) is 12.7. The van der Waals surface area contributed by atoms with Crippen molar-refractivity contribution in [2.75, 3.05) is 10.6 Å². The van der Waals surface area contributed by atoms with Crippen LogP contribution >= 0.6 is 0 Å². The molecule has 0 aliphatic carbocycles. The van der Waals surface area contributed by atoms with Crippen molar-refractivity contribution >= 4 is 34.4 Å². The number of nitrogens with one attached hydrogen (secondary N) is 3. The highest BCUT2D eigenvalue weighted by molar-refractivity contribution is 6.04. The van der Waals surface area contributed by atoms with Crippen LogP contribution in [0.15, 0.2) is 91.8 Å². The van der Waals surface area contributed by atoms with Gasteiger partial charge in [-0.1, -0.05) is 50.8 Å². The summed E-state index contributed by atoms with van der Waals surface area (Å²) in [6.45, 7) is 9.70. The predicted molar refractivity (Wildman–Crippen MR) is 157 cm³/mol. The van der Waals surface area contributed by atoms with Gasteiger partial charge in [-0.25, -0.2) is 9.97 Å². The van der Waals surface area contributed by atoms with Crippen molar-refractivity contribution in [3.63, 3.8) is 0 Å². The maximum absolute atomic E-state index is 12.9. The van der Waals surface area contributed by atoms with Crippen molar-refractivity contribution in [1.29, 1.82) is 0 Å². The summed E-state index contributed by atoms with van der Waals surface area (Å²) >= 11 is 0. The van der Waals surface area contributed by atoms with Crippen LogP contribution in [0.1, 0.15) is 41.4 Å². The van der Waals surface area contributed by atoms with E-state index in [0.717, 1.165) is 39.0 Å². The molecule has 3 N–H and O–H groups in total. The summed E-state index contributed by atoms with van der Waals surface area (Å²) in [4.78, 5) is 36.9. The topological polar surface area (TPSA) is 99.8 Å². The SMILES string of the molecule is C=CC(=O)Nc1cccc(-c2cnc3[nH]cc(-c4ccc(C(=O)Nc5ccc(C(C)C)c(C)n5)cc4)c3c2)c1. The number of hydrogen-bond acceptors (Lipinski definition) is 4. The van der Waals surface area contributed by atoms with Crippen LogP contribution in [-0.2, 0) is 4.79 Å². The van der Waals surface area contributed by atoms with Crippen molar-refractivity contribution in [3.05, 3.63) is 109 Å². The van der Waals surface area contributed by atoms with Crippen LogP contribution in [0, 0.1) is 6.92 Å². The van der Waals surface area contributed by atoms with E-state index < -0.39 is 0 Å². The number of anilines is 2. The molecule has 7 nitrogen and oxygen atoms in total. The van der Waals surface area contributed by atoms with E-state index in [0.29, 0.717) is 23.0 Å². The largest absolute Gasteiger partial charge is 0.346 e. The number of carbonyl (C=O) groups is 2. The van der Waals surface area contributed by atoms with E-state index in [4.69, 9.17) is 0 Å². The first-order valence-electron chi connectivity index (χ1n) is 12.7. The molecule has 0 atom stereocenters. The van der Waals surface area contributed by atoms with Gasteiger partial charge in [0.05, 0.1) is 0 Å². The van der Waals surface area contributed by atoms with Gasteiger partial charge in [-0.2, -0.15) is 0 Å². The molecule has 3 aromatic heterocycles. The maximum atomic E-state index is 12.9. The van der Waals surface area contributed by atoms with Crippen LogP contribution < -0.4 is 10.6 Å². The standard InChI is InChI=1S/C32H29N5O2/c1-5-30(38)36-25-8-6-7-23(15-25)24-16-27-28(18-34-31(27)33-17-24)21-9-11-22(12-10-21)32(39)37-29-14-13-26(19(2)3)20(4)35-29/h5-19H,1H2,2-4H3,(H,33,34)(H,36,38)(H,35,37,39). The van der Waals surface area contributed by atoms with Crippen molar-refractivity contribution in [2.24, 2.45) is 0 Å². The van der Waals surface area contributed by atoms with Gasteiger partial charge >= 0.3 is 0 Å². The molecule has 5 rings (SSSR count). The van der Waals surface area contributed by atoms with E-state index >= 15 is 0 Å². The number of pyridine rings is 2. The molecule has 0 saturated heterocycles. The molecule has 0 aliphatic heterocycles. The van der Waals surface area contributed by atoms with Gasteiger partial charge in [0, 0.05) is 45.9 Å². The molecule has 0 radical (unpaired) electrons. The molecule has 194 valence electrons. The molecule has 0 unspecified atom stereocenters. The smallest absolute Gasteiger partial charge is 0.256 e. The predicted octanol–water partition coefficient (Wildman–Crippen LogP) is 7.10. The van der Waals surface area contributed by atoms with Crippen molar-refractivity contribution in [3.8, 4) is 22.3 Å². The number of rotatable bonds is 7. The zero-order chi connectivity index (χ0) is 27.5.